The van der Waals surface area contributed by atoms with Gasteiger partial charge in [0.15, 0.2) is 0 Å². The smallest absolute Gasteiger partial charge is 0.110 e. The first kappa shape index (κ1) is 8.19. The topological polar surface area (TPSA) is 56.2 Å². The molecule has 2 N–H and O–H groups in total. The molecule has 2 aromatic rings. The van der Waals surface area contributed by atoms with E-state index in [1.807, 2.05) is 23.7 Å². The van der Waals surface area contributed by atoms with Gasteiger partial charge in [-0.25, -0.2) is 4.98 Å². The van der Waals surface area contributed by atoms with Gasteiger partial charge in [-0.05, 0) is 13.5 Å². The Labute approximate surface area is 76.4 Å². The molecule has 4 heteroatoms. The highest BCUT2D eigenvalue weighted by molar-refractivity contribution is 5.51. The lowest BCUT2D eigenvalue weighted by Gasteiger charge is -1.94. The van der Waals surface area contributed by atoms with Gasteiger partial charge >= 0.3 is 0 Å². The van der Waals surface area contributed by atoms with Crippen LogP contribution in [0.3, 0.4) is 0 Å². The van der Waals surface area contributed by atoms with Crippen LogP contribution in [0.5, 0.6) is 0 Å². The fourth-order valence-corrected chi connectivity index (χ4v) is 1.48. The van der Waals surface area contributed by atoms with E-state index in [4.69, 9.17) is 5.73 Å². The molecule has 0 aliphatic rings. The summed E-state index contributed by atoms with van der Waals surface area (Å²) in [6.45, 7) is 2.61. The molecular formula is C9H12N4. The van der Waals surface area contributed by atoms with Crippen LogP contribution in [0.4, 0.5) is 0 Å². The van der Waals surface area contributed by atoms with Crippen molar-refractivity contribution in [1.82, 2.24) is 14.4 Å². The maximum absolute atomic E-state index is 5.49. The van der Waals surface area contributed by atoms with Gasteiger partial charge in [0.1, 0.15) is 5.82 Å². The summed E-state index contributed by atoms with van der Waals surface area (Å²) in [5.74, 6) is 0.987. The zero-order valence-corrected chi connectivity index (χ0v) is 7.57. The van der Waals surface area contributed by atoms with Gasteiger partial charge in [0.25, 0.3) is 0 Å². The number of aryl methyl sites for hydroxylation is 1. The predicted octanol–water partition coefficient (Wildman–Crippen LogP) is 0.539. The molecule has 0 radical (unpaired) electrons. The highest BCUT2D eigenvalue weighted by Crippen LogP contribution is 2.10. The van der Waals surface area contributed by atoms with Crippen LogP contribution in [0.15, 0.2) is 18.6 Å². The summed E-state index contributed by atoms with van der Waals surface area (Å²) in [7, 11) is 0. The number of nitrogens with two attached hydrogens (primary N) is 1. The van der Waals surface area contributed by atoms with Crippen LogP contribution in [-0.4, -0.2) is 20.9 Å². The second-order valence-electron chi connectivity index (χ2n) is 2.98. The number of nitrogens with zero attached hydrogens (tertiary/aromatic N) is 3. The molecule has 2 aromatic heterocycles. The van der Waals surface area contributed by atoms with Crippen molar-refractivity contribution in [2.24, 2.45) is 5.73 Å². The van der Waals surface area contributed by atoms with Gasteiger partial charge in [-0.15, -0.1) is 0 Å². The van der Waals surface area contributed by atoms with Gasteiger partial charge in [0, 0.05) is 18.8 Å². The largest absolute Gasteiger partial charge is 0.330 e. The van der Waals surface area contributed by atoms with E-state index in [1.165, 1.54) is 0 Å². The molecule has 0 unspecified atom stereocenters. The van der Waals surface area contributed by atoms with Gasteiger partial charge in [0.2, 0.25) is 0 Å². The van der Waals surface area contributed by atoms with Crippen LogP contribution in [0.25, 0.3) is 5.52 Å². The third kappa shape index (κ3) is 1.29. The molecule has 4 nitrogen and oxygen atoms in total. The van der Waals surface area contributed by atoms with Crippen molar-refractivity contribution in [2.45, 2.75) is 13.3 Å². The molecule has 0 atom stereocenters. The fourth-order valence-electron chi connectivity index (χ4n) is 1.48. The molecule has 0 bridgehead atoms. The average molecular weight is 176 g/mol. The van der Waals surface area contributed by atoms with Crippen molar-refractivity contribution in [3.63, 3.8) is 0 Å². The summed E-state index contributed by atoms with van der Waals surface area (Å²) in [6, 6.07) is 0. The summed E-state index contributed by atoms with van der Waals surface area (Å²) < 4.78 is 2.03. The Kier molecular flexibility index (Phi) is 1.98. The first-order valence-corrected chi connectivity index (χ1v) is 4.30. The monoisotopic (exact) mass is 176 g/mol. The van der Waals surface area contributed by atoms with Crippen molar-refractivity contribution in [1.29, 1.82) is 0 Å². The van der Waals surface area contributed by atoms with Crippen LogP contribution in [0.1, 0.15) is 11.5 Å². The maximum Gasteiger partial charge on any atom is 0.110 e. The van der Waals surface area contributed by atoms with E-state index in [0.29, 0.717) is 6.54 Å². The van der Waals surface area contributed by atoms with Crippen molar-refractivity contribution < 1.29 is 0 Å². The lowest BCUT2D eigenvalue weighted by Crippen LogP contribution is -2.03. The second-order valence-corrected chi connectivity index (χ2v) is 2.98. The molecule has 0 fully saturated rings. The Bertz CT molecular complexity index is 418. The van der Waals surface area contributed by atoms with E-state index in [-0.39, 0.29) is 0 Å². The van der Waals surface area contributed by atoms with E-state index in [2.05, 4.69) is 9.97 Å². The van der Waals surface area contributed by atoms with E-state index >= 15 is 0 Å². The Hall–Kier alpha value is -1.42. The highest BCUT2D eigenvalue weighted by Gasteiger charge is 2.05. The summed E-state index contributed by atoms with van der Waals surface area (Å²) in [4.78, 5) is 8.49. The summed E-state index contributed by atoms with van der Waals surface area (Å²) >= 11 is 0. The standard InChI is InChI=1S/C9H12N4/c1-7-12-8(2-3-10)9-6-11-4-5-13(7)9/h4-6H,2-3,10H2,1H3. The molecule has 0 aliphatic heterocycles. The van der Waals surface area contributed by atoms with E-state index in [9.17, 15) is 0 Å². The molecule has 0 saturated heterocycles. The molecule has 0 spiro atoms. The second kappa shape index (κ2) is 3.14. The summed E-state index contributed by atoms with van der Waals surface area (Å²) in [5, 5.41) is 0. The molecule has 2 heterocycles. The van der Waals surface area contributed by atoms with Crippen molar-refractivity contribution in [3.05, 3.63) is 30.1 Å². The van der Waals surface area contributed by atoms with Crippen LogP contribution < -0.4 is 5.73 Å². The summed E-state index contributed by atoms with van der Waals surface area (Å²) in [6.07, 6.45) is 6.31. The molecule has 68 valence electrons. The lowest BCUT2D eigenvalue weighted by atomic mass is 10.3. The Balaban J connectivity index is 2.63. The lowest BCUT2D eigenvalue weighted by molar-refractivity contribution is 0.933. The van der Waals surface area contributed by atoms with Gasteiger partial charge < -0.3 is 10.1 Å². The normalized spacial score (nSPS) is 10.9. The van der Waals surface area contributed by atoms with Crippen molar-refractivity contribution in [2.75, 3.05) is 6.54 Å². The molecule has 0 aliphatic carbocycles. The molecular weight excluding hydrogens is 164 g/mol. The van der Waals surface area contributed by atoms with Crippen LogP contribution >= 0.6 is 0 Å². The number of hydrogen-bond donors (Lipinski definition) is 1. The third-order valence-corrected chi connectivity index (χ3v) is 2.08. The number of imidazole rings is 1. The van der Waals surface area contributed by atoms with E-state index < -0.39 is 0 Å². The number of fused-ring (bicyclic) bond motifs is 1. The number of aromatic nitrogens is 3. The third-order valence-electron chi connectivity index (χ3n) is 2.08. The zero-order chi connectivity index (χ0) is 9.26. The quantitative estimate of drug-likeness (QED) is 0.726. The Morgan fingerprint density at radius 2 is 2.38 bits per heavy atom. The first-order chi connectivity index (χ1) is 6.33. The fraction of sp³-hybridized carbons (Fsp3) is 0.333. The van der Waals surface area contributed by atoms with Crippen molar-refractivity contribution in [3.8, 4) is 0 Å². The average Bonchev–Trinajstić information content (AvgIpc) is 2.46. The van der Waals surface area contributed by atoms with Gasteiger partial charge in [-0.2, -0.15) is 0 Å². The highest BCUT2D eigenvalue weighted by atomic mass is 15.0. The SMILES string of the molecule is Cc1nc(CCN)c2cnccn12. The number of rotatable bonds is 2. The molecule has 0 amide bonds. The predicted molar refractivity (Wildman–Crippen MR) is 50.5 cm³/mol. The minimum absolute atomic E-state index is 0.626. The van der Waals surface area contributed by atoms with Gasteiger partial charge in [0.05, 0.1) is 17.4 Å². The van der Waals surface area contributed by atoms with Crippen LogP contribution in [-0.2, 0) is 6.42 Å². The molecule has 13 heavy (non-hydrogen) atoms. The molecule has 0 aromatic carbocycles. The van der Waals surface area contributed by atoms with E-state index in [0.717, 1.165) is 23.5 Å². The van der Waals surface area contributed by atoms with Crippen molar-refractivity contribution >= 4 is 5.52 Å². The van der Waals surface area contributed by atoms with Crippen LogP contribution in [0, 0.1) is 6.92 Å². The van der Waals surface area contributed by atoms with Gasteiger partial charge in [-0.3, -0.25) is 4.98 Å². The minimum atomic E-state index is 0.626. The molecule has 0 saturated carbocycles. The maximum atomic E-state index is 5.49. The minimum Gasteiger partial charge on any atom is -0.330 e. The number of hydrogen-bond acceptors (Lipinski definition) is 3. The van der Waals surface area contributed by atoms with Crippen LogP contribution in [0.2, 0.25) is 0 Å². The van der Waals surface area contributed by atoms with Gasteiger partial charge in [-0.1, -0.05) is 0 Å². The Morgan fingerprint density at radius 3 is 3.15 bits per heavy atom. The van der Waals surface area contributed by atoms with E-state index in [1.54, 1.807) is 6.20 Å². The Morgan fingerprint density at radius 1 is 1.54 bits per heavy atom. The molecule has 2 rings (SSSR count). The first-order valence-electron chi connectivity index (χ1n) is 4.30. The summed E-state index contributed by atoms with van der Waals surface area (Å²) in [5.41, 5.74) is 7.59. The zero-order valence-electron chi connectivity index (χ0n) is 7.57.